The van der Waals surface area contributed by atoms with Crippen LogP contribution >= 0.6 is 0 Å². The van der Waals surface area contributed by atoms with Gasteiger partial charge in [-0.15, -0.1) is 0 Å². The van der Waals surface area contributed by atoms with Gasteiger partial charge in [-0.1, -0.05) is 37.3 Å². The van der Waals surface area contributed by atoms with Crippen molar-refractivity contribution in [3.8, 4) is 0 Å². The van der Waals surface area contributed by atoms with Gasteiger partial charge in [-0.3, -0.25) is 4.90 Å². The van der Waals surface area contributed by atoms with E-state index in [1.54, 1.807) is 0 Å². The minimum Gasteiger partial charge on any atom is -0.396 e. The molecule has 2 amide bonds. The molecule has 5 heteroatoms. The number of nitrogens with zero attached hydrogens (tertiary/aromatic N) is 1. The summed E-state index contributed by atoms with van der Waals surface area (Å²) in [6, 6.07) is 10.7. The van der Waals surface area contributed by atoms with E-state index in [1.807, 2.05) is 19.9 Å². The Morgan fingerprint density at radius 2 is 2.09 bits per heavy atom. The Labute approximate surface area is 139 Å². The van der Waals surface area contributed by atoms with Gasteiger partial charge < -0.3 is 15.7 Å². The number of rotatable bonds is 7. The molecule has 128 valence electrons. The van der Waals surface area contributed by atoms with Crippen molar-refractivity contribution in [1.82, 2.24) is 15.5 Å². The third-order valence-corrected chi connectivity index (χ3v) is 4.73. The average Bonchev–Trinajstić information content (AvgIpc) is 3.00. The van der Waals surface area contributed by atoms with Crippen molar-refractivity contribution in [1.29, 1.82) is 0 Å². The Balaban J connectivity index is 1.77. The van der Waals surface area contributed by atoms with Gasteiger partial charge in [-0.25, -0.2) is 4.79 Å². The summed E-state index contributed by atoms with van der Waals surface area (Å²) in [6.45, 7) is 6.60. The fourth-order valence-corrected chi connectivity index (χ4v) is 2.92. The Kier molecular flexibility index (Phi) is 6.86. The highest BCUT2D eigenvalue weighted by atomic mass is 16.3. The predicted molar refractivity (Wildman–Crippen MR) is 92.1 cm³/mol. The summed E-state index contributed by atoms with van der Waals surface area (Å²) in [5, 5.41) is 15.0. The summed E-state index contributed by atoms with van der Waals surface area (Å²) in [4.78, 5) is 14.4. The van der Waals surface area contributed by atoms with Crippen molar-refractivity contribution in [2.24, 2.45) is 5.92 Å². The molecule has 1 aliphatic heterocycles. The van der Waals surface area contributed by atoms with Gasteiger partial charge in [0.25, 0.3) is 0 Å². The molecule has 1 heterocycles. The maximum Gasteiger partial charge on any atom is 0.315 e. The van der Waals surface area contributed by atoms with Crippen LogP contribution in [0.1, 0.15) is 32.3 Å². The lowest BCUT2D eigenvalue weighted by molar-refractivity contribution is 0.196. The molecule has 23 heavy (non-hydrogen) atoms. The van der Waals surface area contributed by atoms with Crippen LogP contribution in [0, 0.1) is 5.92 Å². The number of carbonyl (C=O) groups excluding carboxylic acids is 1. The zero-order valence-electron chi connectivity index (χ0n) is 14.2. The van der Waals surface area contributed by atoms with Crippen molar-refractivity contribution in [3.63, 3.8) is 0 Å². The highest BCUT2D eigenvalue weighted by molar-refractivity contribution is 5.74. The van der Waals surface area contributed by atoms with Crippen LogP contribution < -0.4 is 10.6 Å². The number of hydrogen-bond donors (Lipinski definition) is 3. The molecule has 5 nitrogen and oxygen atoms in total. The lowest BCUT2D eigenvalue weighted by atomic mass is 10.1. The molecule has 2 rings (SSSR count). The number of aliphatic hydroxyl groups excluding tert-OH is 1. The molecule has 3 unspecified atom stereocenters. The number of nitrogens with one attached hydrogen (secondary N) is 2. The third-order valence-electron chi connectivity index (χ3n) is 4.73. The standard InChI is InChI=1S/C18H29N3O2/c1-14(13-22)15(2)20-18(23)19-11-17-9-6-10-21(17)12-16-7-4-3-5-8-16/h3-5,7-8,14-15,17,22H,6,9-13H2,1-2H3,(H2,19,20,23). The number of likely N-dealkylation sites (tertiary alicyclic amines) is 1. The molecule has 1 aromatic carbocycles. The predicted octanol–water partition coefficient (Wildman–Crippen LogP) is 1.97. The minimum atomic E-state index is -0.149. The van der Waals surface area contributed by atoms with E-state index < -0.39 is 0 Å². The first-order valence-electron chi connectivity index (χ1n) is 8.53. The summed E-state index contributed by atoms with van der Waals surface area (Å²) in [5.74, 6) is 0.0572. The fraction of sp³-hybridized carbons (Fsp3) is 0.611. The fourth-order valence-electron chi connectivity index (χ4n) is 2.92. The van der Waals surface area contributed by atoms with Crippen molar-refractivity contribution in [2.45, 2.75) is 45.3 Å². The van der Waals surface area contributed by atoms with E-state index in [0.717, 1.165) is 19.5 Å². The Morgan fingerprint density at radius 3 is 2.78 bits per heavy atom. The first kappa shape index (κ1) is 17.8. The number of hydrogen-bond acceptors (Lipinski definition) is 3. The molecule has 3 N–H and O–H groups in total. The topological polar surface area (TPSA) is 64.6 Å². The van der Waals surface area contributed by atoms with Gasteiger partial charge in [0, 0.05) is 31.8 Å². The molecule has 1 fully saturated rings. The van der Waals surface area contributed by atoms with Crippen LogP contribution in [-0.4, -0.2) is 47.8 Å². The van der Waals surface area contributed by atoms with E-state index in [-0.39, 0.29) is 24.6 Å². The van der Waals surface area contributed by atoms with Crippen LogP contribution in [0.25, 0.3) is 0 Å². The number of carbonyl (C=O) groups is 1. The van der Waals surface area contributed by atoms with Gasteiger partial charge in [-0.2, -0.15) is 0 Å². The Hall–Kier alpha value is -1.59. The number of amides is 2. The third kappa shape index (κ3) is 5.52. The first-order chi connectivity index (χ1) is 11.1. The second kappa shape index (κ2) is 8.89. The quantitative estimate of drug-likeness (QED) is 0.720. The number of aliphatic hydroxyl groups is 1. The van der Waals surface area contributed by atoms with Crippen molar-refractivity contribution in [2.75, 3.05) is 19.7 Å². The minimum absolute atomic E-state index is 0.0380. The van der Waals surface area contributed by atoms with Gasteiger partial charge in [-0.05, 0) is 37.8 Å². The smallest absolute Gasteiger partial charge is 0.315 e. The van der Waals surface area contributed by atoms with E-state index in [1.165, 1.54) is 12.0 Å². The molecule has 0 saturated carbocycles. The van der Waals surface area contributed by atoms with Gasteiger partial charge in [0.15, 0.2) is 0 Å². The van der Waals surface area contributed by atoms with Crippen LogP contribution in [0.4, 0.5) is 4.79 Å². The van der Waals surface area contributed by atoms with Gasteiger partial charge in [0.1, 0.15) is 0 Å². The van der Waals surface area contributed by atoms with Crippen molar-refractivity contribution >= 4 is 6.03 Å². The molecular formula is C18H29N3O2. The summed E-state index contributed by atoms with van der Waals surface area (Å²) in [7, 11) is 0. The van der Waals surface area contributed by atoms with E-state index in [0.29, 0.717) is 12.6 Å². The molecular weight excluding hydrogens is 290 g/mol. The average molecular weight is 319 g/mol. The number of urea groups is 1. The summed E-state index contributed by atoms with van der Waals surface area (Å²) in [5.41, 5.74) is 1.31. The van der Waals surface area contributed by atoms with Crippen LogP contribution in [0.3, 0.4) is 0 Å². The molecule has 0 aliphatic carbocycles. The molecule has 0 aromatic heterocycles. The molecule has 3 atom stereocenters. The van der Waals surface area contributed by atoms with E-state index in [4.69, 9.17) is 5.11 Å². The second-order valence-electron chi connectivity index (χ2n) is 6.56. The Bertz CT molecular complexity index is 480. The highest BCUT2D eigenvalue weighted by Crippen LogP contribution is 2.19. The summed E-state index contributed by atoms with van der Waals surface area (Å²) in [6.07, 6.45) is 2.30. The molecule has 0 bridgehead atoms. The van der Waals surface area contributed by atoms with Crippen LogP contribution in [0.15, 0.2) is 30.3 Å². The maximum atomic E-state index is 12.0. The monoisotopic (exact) mass is 319 g/mol. The zero-order chi connectivity index (χ0) is 16.7. The van der Waals surface area contributed by atoms with Crippen LogP contribution in [0.2, 0.25) is 0 Å². The van der Waals surface area contributed by atoms with Crippen LogP contribution in [-0.2, 0) is 6.54 Å². The molecule has 0 spiro atoms. The zero-order valence-corrected chi connectivity index (χ0v) is 14.2. The summed E-state index contributed by atoms with van der Waals surface area (Å²) >= 11 is 0. The largest absolute Gasteiger partial charge is 0.396 e. The lowest BCUT2D eigenvalue weighted by Crippen LogP contribution is -2.47. The summed E-state index contributed by atoms with van der Waals surface area (Å²) < 4.78 is 0. The van der Waals surface area contributed by atoms with E-state index in [2.05, 4.69) is 39.8 Å². The number of benzene rings is 1. The lowest BCUT2D eigenvalue weighted by Gasteiger charge is -2.25. The Morgan fingerprint density at radius 1 is 1.35 bits per heavy atom. The van der Waals surface area contributed by atoms with Gasteiger partial charge >= 0.3 is 6.03 Å². The van der Waals surface area contributed by atoms with Gasteiger partial charge in [0.2, 0.25) is 0 Å². The second-order valence-corrected chi connectivity index (χ2v) is 6.56. The molecule has 1 aliphatic rings. The highest BCUT2D eigenvalue weighted by Gasteiger charge is 2.25. The van der Waals surface area contributed by atoms with E-state index in [9.17, 15) is 4.79 Å². The SMILES string of the molecule is CC(CO)C(C)NC(=O)NCC1CCCN1Cc1ccccc1. The van der Waals surface area contributed by atoms with Crippen LogP contribution in [0.5, 0.6) is 0 Å². The molecule has 0 radical (unpaired) electrons. The molecule has 1 aromatic rings. The van der Waals surface area contributed by atoms with E-state index >= 15 is 0 Å². The first-order valence-corrected chi connectivity index (χ1v) is 8.53. The molecule has 1 saturated heterocycles. The van der Waals surface area contributed by atoms with Crippen molar-refractivity contribution in [3.05, 3.63) is 35.9 Å². The normalized spacial score (nSPS) is 20.9. The van der Waals surface area contributed by atoms with Gasteiger partial charge in [0.05, 0.1) is 0 Å². The van der Waals surface area contributed by atoms with Crippen molar-refractivity contribution < 1.29 is 9.90 Å². The maximum absolute atomic E-state index is 12.0.